The predicted molar refractivity (Wildman–Crippen MR) is 78.9 cm³/mol. The van der Waals surface area contributed by atoms with E-state index < -0.39 is 17.5 Å². The zero-order valence-electron chi connectivity index (χ0n) is 10.4. The third-order valence-corrected chi connectivity index (χ3v) is 3.88. The normalized spacial score (nSPS) is 13.8. The minimum Gasteiger partial charge on any atom is -0.299 e. The van der Waals surface area contributed by atoms with Gasteiger partial charge in [0.2, 0.25) is 0 Å². The van der Waals surface area contributed by atoms with Crippen LogP contribution in [0.15, 0.2) is 34.9 Å². The van der Waals surface area contributed by atoms with Gasteiger partial charge in [-0.25, -0.2) is 4.39 Å². The van der Waals surface area contributed by atoms with Gasteiger partial charge in [0.05, 0.1) is 28.5 Å². The summed E-state index contributed by atoms with van der Waals surface area (Å²) in [6.45, 7) is 0.0892. The number of fused-ring (bicyclic) bond motifs is 1. The lowest BCUT2D eigenvalue weighted by molar-refractivity contribution is -0.114. The maximum Gasteiger partial charge on any atom is 0.299 e. The highest BCUT2D eigenvalue weighted by molar-refractivity contribution is 9.10. The number of Topliss-reactive ketones (excluding diaryl/α,β-unsaturated/α-hetero) is 1. The van der Waals surface area contributed by atoms with Gasteiger partial charge in [-0.05, 0) is 40.2 Å². The molecule has 0 unspecified atom stereocenters. The van der Waals surface area contributed by atoms with Crippen LogP contribution in [0.3, 0.4) is 0 Å². The first-order valence-electron chi connectivity index (χ1n) is 5.93. The Labute approximate surface area is 132 Å². The van der Waals surface area contributed by atoms with Gasteiger partial charge in [-0.3, -0.25) is 19.5 Å². The van der Waals surface area contributed by atoms with E-state index in [1.54, 1.807) is 18.3 Å². The second-order valence-electron chi connectivity index (χ2n) is 4.47. The van der Waals surface area contributed by atoms with Crippen LogP contribution in [-0.2, 0) is 11.3 Å². The minimum absolute atomic E-state index is 0.0892. The van der Waals surface area contributed by atoms with E-state index in [9.17, 15) is 14.0 Å². The summed E-state index contributed by atoms with van der Waals surface area (Å²) in [4.78, 5) is 29.3. The minimum atomic E-state index is -0.712. The number of benzene rings is 1. The Balaban J connectivity index is 2.01. The monoisotopic (exact) mass is 368 g/mol. The first-order valence-corrected chi connectivity index (χ1v) is 7.10. The Hall–Kier alpha value is -1.79. The van der Waals surface area contributed by atoms with Crippen LogP contribution in [0.2, 0.25) is 5.02 Å². The summed E-state index contributed by atoms with van der Waals surface area (Å²) in [6.07, 6.45) is 1.58. The maximum atomic E-state index is 13.6. The first-order chi connectivity index (χ1) is 9.97. The van der Waals surface area contributed by atoms with Gasteiger partial charge in [0.25, 0.3) is 11.7 Å². The molecular weight excluding hydrogens is 363 g/mol. The summed E-state index contributed by atoms with van der Waals surface area (Å²) < 4.78 is 14.4. The molecule has 3 rings (SSSR count). The number of aromatic nitrogens is 1. The molecule has 0 saturated heterocycles. The second-order valence-corrected chi connectivity index (χ2v) is 5.79. The van der Waals surface area contributed by atoms with E-state index in [0.717, 1.165) is 10.5 Å². The molecule has 1 amide bonds. The molecule has 1 aromatic heterocycles. The molecule has 2 aromatic rings. The van der Waals surface area contributed by atoms with E-state index in [1.165, 1.54) is 11.0 Å². The van der Waals surface area contributed by atoms with Crippen molar-refractivity contribution in [2.75, 3.05) is 4.90 Å². The van der Waals surface area contributed by atoms with Crippen LogP contribution in [0.1, 0.15) is 16.1 Å². The van der Waals surface area contributed by atoms with Gasteiger partial charge in [0.15, 0.2) is 0 Å². The lowest BCUT2D eigenvalue weighted by atomic mass is 10.1. The van der Waals surface area contributed by atoms with Crippen LogP contribution in [-0.4, -0.2) is 16.7 Å². The fraction of sp³-hybridized carbons (Fsp3) is 0.0714. The SMILES string of the molecule is O=C1C(=O)N(Cc2ccc(Br)cn2)c2cc(F)c(Cl)cc21. The number of carbonyl (C=O) groups excluding carboxylic acids is 2. The number of ketones is 1. The fourth-order valence-electron chi connectivity index (χ4n) is 2.11. The largest absolute Gasteiger partial charge is 0.299 e. The summed E-state index contributed by atoms with van der Waals surface area (Å²) in [5, 5.41) is -0.182. The van der Waals surface area contributed by atoms with Gasteiger partial charge in [-0.2, -0.15) is 0 Å². The van der Waals surface area contributed by atoms with Gasteiger partial charge in [0.1, 0.15) is 5.82 Å². The highest BCUT2D eigenvalue weighted by atomic mass is 79.9. The maximum absolute atomic E-state index is 13.6. The number of halogens is 3. The molecule has 1 aliphatic heterocycles. The van der Waals surface area contributed by atoms with Gasteiger partial charge in [0, 0.05) is 10.7 Å². The van der Waals surface area contributed by atoms with Crippen LogP contribution in [0.4, 0.5) is 10.1 Å². The predicted octanol–water partition coefficient (Wildman–Crippen LogP) is 3.37. The van der Waals surface area contributed by atoms with Crippen LogP contribution >= 0.6 is 27.5 Å². The summed E-state index contributed by atoms with van der Waals surface area (Å²) in [5.74, 6) is -2.08. The quantitative estimate of drug-likeness (QED) is 0.763. The van der Waals surface area contributed by atoms with Gasteiger partial charge < -0.3 is 0 Å². The van der Waals surface area contributed by atoms with E-state index in [0.29, 0.717) is 5.69 Å². The third-order valence-electron chi connectivity index (χ3n) is 3.12. The van der Waals surface area contributed by atoms with Crippen molar-refractivity contribution in [2.45, 2.75) is 6.54 Å². The standard InChI is InChI=1S/C14H7BrClFN2O2/c15-7-1-2-8(18-5-7)6-19-12-4-11(17)10(16)3-9(12)13(20)14(19)21/h1-5H,6H2. The summed E-state index contributed by atoms with van der Waals surface area (Å²) in [5.41, 5.74) is 0.919. The molecule has 0 radical (unpaired) electrons. The number of hydrogen-bond donors (Lipinski definition) is 0. The Morgan fingerprint density at radius 3 is 2.71 bits per heavy atom. The number of nitrogens with zero attached hydrogens (tertiary/aromatic N) is 2. The lowest BCUT2D eigenvalue weighted by Crippen LogP contribution is -2.29. The Bertz CT molecular complexity index is 764. The highest BCUT2D eigenvalue weighted by Crippen LogP contribution is 2.34. The number of anilines is 1. The number of pyridine rings is 1. The Morgan fingerprint density at radius 2 is 2.05 bits per heavy atom. The number of carbonyl (C=O) groups is 2. The first kappa shape index (κ1) is 14.2. The van der Waals surface area contributed by atoms with Crippen LogP contribution < -0.4 is 4.90 Å². The molecular formula is C14H7BrClFN2O2. The molecule has 0 spiro atoms. The van der Waals surface area contributed by atoms with Crippen molar-refractivity contribution in [3.05, 3.63) is 57.0 Å². The van der Waals surface area contributed by atoms with E-state index in [2.05, 4.69) is 20.9 Å². The molecule has 106 valence electrons. The van der Waals surface area contributed by atoms with E-state index >= 15 is 0 Å². The zero-order valence-corrected chi connectivity index (χ0v) is 12.8. The molecule has 0 N–H and O–H groups in total. The topological polar surface area (TPSA) is 50.3 Å². The third kappa shape index (κ3) is 2.45. The average Bonchev–Trinajstić information content (AvgIpc) is 2.67. The average molecular weight is 370 g/mol. The molecule has 21 heavy (non-hydrogen) atoms. The van der Waals surface area contributed by atoms with E-state index in [4.69, 9.17) is 11.6 Å². The summed E-state index contributed by atoms with van der Waals surface area (Å²) in [6, 6.07) is 5.76. The molecule has 1 aliphatic rings. The molecule has 0 fully saturated rings. The van der Waals surface area contributed by atoms with Crippen molar-refractivity contribution >= 4 is 44.9 Å². The zero-order chi connectivity index (χ0) is 15.1. The lowest BCUT2D eigenvalue weighted by Gasteiger charge is -2.16. The molecule has 0 bridgehead atoms. The highest BCUT2D eigenvalue weighted by Gasteiger charge is 2.36. The van der Waals surface area contributed by atoms with Gasteiger partial charge in [-0.15, -0.1) is 0 Å². The number of rotatable bonds is 2. The Morgan fingerprint density at radius 1 is 1.29 bits per heavy atom. The molecule has 7 heteroatoms. The number of hydrogen-bond acceptors (Lipinski definition) is 3. The number of amides is 1. The van der Waals surface area contributed by atoms with Crippen molar-refractivity contribution in [3.8, 4) is 0 Å². The van der Waals surface area contributed by atoms with Crippen molar-refractivity contribution in [1.29, 1.82) is 0 Å². The Kier molecular flexibility index (Phi) is 3.51. The van der Waals surface area contributed by atoms with Crippen molar-refractivity contribution in [1.82, 2.24) is 4.98 Å². The summed E-state index contributed by atoms with van der Waals surface area (Å²) >= 11 is 8.92. The van der Waals surface area contributed by atoms with Crippen LogP contribution in [0.5, 0.6) is 0 Å². The van der Waals surface area contributed by atoms with E-state index in [-0.39, 0.29) is 22.8 Å². The van der Waals surface area contributed by atoms with Gasteiger partial charge >= 0.3 is 0 Å². The summed E-state index contributed by atoms with van der Waals surface area (Å²) in [7, 11) is 0. The second kappa shape index (κ2) is 5.20. The molecule has 4 nitrogen and oxygen atoms in total. The van der Waals surface area contributed by atoms with Crippen LogP contribution in [0, 0.1) is 5.82 Å². The van der Waals surface area contributed by atoms with Gasteiger partial charge in [-0.1, -0.05) is 11.6 Å². The molecule has 2 heterocycles. The van der Waals surface area contributed by atoms with Crippen molar-refractivity contribution in [2.24, 2.45) is 0 Å². The van der Waals surface area contributed by atoms with Crippen LogP contribution in [0.25, 0.3) is 0 Å². The molecule has 0 saturated carbocycles. The molecule has 1 aromatic carbocycles. The van der Waals surface area contributed by atoms with Crippen molar-refractivity contribution < 1.29 is 14.0 Å². The van der Waals surface area contributed by atoms with Crippen molar-refractivity contribution in [3.63, 3.8) is 0 Å². The molecule has 0 atom stereocenters. The smallest absolute Gasteiger partial charge is 0.299 e. The molecule has 0 aliphatic carbocycles. The fourth-order valence-corrected chi connectivity index (χ4v) is 2.51. The van der Waals surface area contributed by atoms with E-state index in [1.807, 2.05) is 0 Å².